The molecule has 1 saturated carbocycles. The van der Waals surface area contributed by atoms with Crippen LogP contribution in [0.3, 0.4) is 0 Å². The number of aliphatic hydroxyl groups is 1. The number of benzene rings is 2. The zero-order valence-corrected chi connectivity index (χ0v) is 37.1. The highest BCUT2D eigenvalue weighted by Crippen LogP contribution is 2.42. The number of aromatic hydroxyl groups is 1. The second-order valence-corrected chi connectivity index (χ2v) is 23.7. The number of thiophene rings is 2. The van der Waals surface area contributed by atoms with Crippen molar-refractivity contribution >= 4 is 59.0 Å². The van der Waals surface area contributed by atoms with E-state index in [9.17, 15) is 24.6 Å². The van der Waals surface area contributed by atoms with Crippen molar-refractivity contribution < 1.29 is 28.6 Å². The van der Waals surface area contributed by atoms with Crippen LogP contribution in [0.25, 0.3) is 22.0 Å². The molecule has 15 heteroatoms. The normalized spacial score (nSPS) is 17.2. The first-order valence-corrected chi connectivity index (χ1v) is 24.8. The fourth-order valence-corrected chi connectivity index (χ4v) is 10.6. The molecule has 0 bridgehead atoms. The summed E-state index contributed by atoms with van der Waals surface area (Å²) in [6.45, 7) is 13.0. The SMILES string of the molecule is CN(CCn1c(=O)oc2cc(CNC[C@@H](O[Si](C)(C)C(C)(C)C)c3ccc(O)c4[nH]c(=O)ccc34)ccc21)C1CCC(OC(=O)C(O)(c2cccs2)c2cccs2)CC1. The number of ether oxygens (including phenoxy) is 1. The van der Waals surface area contributed by atoms with Crippen LogP contribution in [0.15, 0.2) is 91.5 Å². The molecule has 0 amide bonds. The third-order valence-electron chi connectivity index (χ3n) is 12.2. The monoisotopic (exact) mass is 858 g/mol. The first-order valence-electron chi connectivity index (χ1n) is 20.1. The number of esters is 1. The number of phenolic OH excluding ortho intramolecular Hbond substituents is 1. The summed E-state index contributed by atoms with van der Waals surface area (Å²) in [6.07, 6.45) is 2.39. The molecule has 0 spiro atoms. The summed E-state index contributed by atoms with van der Waals surface area (Å²) in [5.41, 5.74) is 1.35. The van der Waals surface area contributed by atoms with E-state index in [2.05, 4.69) is 56.1 Å². The lowest BCUT2D eigenvalue weighted by Gasteiger charge is -2.39. The smallest absolute Gasteiger partial charge is 0.419 e. The standard InChI is InChI=1S/C44H54N4O8S2Si/c1-43(2,3)59(5,6)56-36(31-16-19-34(49)40-32(31)17-20-39(50)46-40)27-45-26-28-11-18-33-35(25-28)55-42(52)48(33)22-21-47(4)29-12-14-30(15-13-29)54-41(51)44(53,37-9-7-23-57-37)38-10-8-24-58-38/h7-11,16-20,23-25,29-30,36,45,49,53H,12-15,21-22,26-27H2,1-6H3,(H,46,50)/t29?,30?,36-/m1/s1. The number of rotatable bonds is 15. The zero-order valence-electron chi connectivity index (χ0n) is 34.4. The van der Waals surface area contributed by atoms with E-state index in [0.29, 0.717) is 59.9 Å². The quantitative estimate of drug-likeness (QED) is 0.0592. The van der Waals surface area contributed by atoms with Crippen LogP contribution in [-0.4, -0.2) is 71.2 Å². The van der Waals surface area contributed by atoms with Gasteiger partial charge in [-0.15, -0.1) is 22.7 Å². The van der Waals surface area contributed by atoms with Crippen LogP contribution >= 0.6 is 22.7 Å². The van der Waals surface area contributed by atoms with Crippen molar-refractivity contribution in [3.05, 3.63) is 119 Å². The van der Waals surface area contributed by atoms with Gasteiger partial charge in [-0.05, 0) is 109 Å². The Bertz CT molecular complexity index is 2460. The molecule has 0 radical (unpaired) electrons. The predicted octanol–water partition coefficient (Wildman–Crippen LogP) is 7.84. The number of nitrogens with zero attached hydrogens (tertiary/aromatic N) is 2. The number of hydrogen-bond donors (Lipinski definition) is 4. The minimum atomic E-state index is -2.25. The van der Waals surface area contributed by atoms with Crippen LogP contribution in [0.1, 0.15) is 73.4 Å². The molecular formula is C44H54N4O8S2Si. The predicted molar refractivity (Wildman–Crippen MR) is 236 cm³/mol. The van der Waals surface area contributed by atoms with Crippen LogP contribution in [0.5, 0.6) is 5.75 Å². The first kappa shape index (κ1) is 42.8. The molecule has 12 nitrogen and oxygen atoms in total. The molecule has 2 aromatic carbocycles. The Hall–Kier alpha value is -4.35. The lowest BCUT2D eigenvalue weighted by molar-refractivity contribution is -0.169. The second kappa shape index (κ2) is 17.3. The number of aromatic nitrogens is 2. The van der Waals surface area contributed by atoms with Gasteiger partial charge in [0.05, 0.1) is 26.9 Å². The molecule has 1 aliphatic rings. The Morgan fingerprint density at radius 1 is 1.02 bits per heavy atom. The summed E-state index contributed by atoms with van der Waals surface area (Å²) in [4.78, 5) is 44.8. The van der Waals surface area contributed by atoms with Crippen molar-refractivity contribution in [3.8, 4) is 5.75 Å². The van der Waals surface area contributed by atoms with Crippen LogP contribution < -0.4 is 16.6 Å². The van der Waals surface area contributed by atoms with E-state index in [1.54, 1.807) is 28.8 Å². The molecule has 7 rings (SSSR count). The average Bonchev–Trinajstić information content (AvgIpc) is 3.99. The lowest BCUT2D eigenvalue weighted by Crippen LogP contribution is -2.43. The second-order valence-electron chi connectivity index (χ2n) is 17.1. The molecule has 0 aliphatic heterocycles. The molecule has 4 aromatic heterocycles. The van der Waals surface area contributed by atoms with E-state index in [1.807, 2.05) is 47.2 Å². The summed E-state index contributed by atoms with van der Waals surface area (Å²) in [7, 11) is -0.190. The van der Waals surface area contributed by atoms with Gasteiger partial charge in [0.15, 0.2) is 13.9 Å². The van der Waals surface area contributed by atoms with Crippen LogP contribution in [0, 0.1) is 0 Å². The molecule has 314 valence electrons. The van der Waals surface area contributed by atoms with Crippen LogP contribution in [0.2, 0.25) is 18.1 Å². The van der Waals surface area contributed by atoms with Crippen molar-refractivity contribution in [2.75, 3.05) is 20.1 Å². The number of phenols is 1. The number of pyridine rings is 1. The van der Waals surface area contributed by atoms with Gasteiger partial charge in [0.1, 0.15) is 11.9 Å². The van der Waals surface area contributed by atoms with Gasteiger partial charge in [-0.3, -0.25) is 9.36 Å². The fraction of sp³-hybridized carbons (Fsp3) is 0.432. The maximum absolute atomic E-state index is 13.5. The summed E-state index contributed by atoms with van der Waals surface area (Å²) in [6, 6.07) is 19.9. The van der Waals surface area contributed by atoms with E-state index >= 15 is 0 Å². The highest BCUT2D eigenvalue weighted by molar-refractivity contribution is 7.12. The van der Waals surface area contributed by atoms with Crippen molar-refractivity contribution in [3.63, 3.8) is 0 Å². The van der Waals surface area contributed by atoms with Gasteiger partial charge < -0.3 is 39.0 Å². The van der Waals surface area contributed by atoms with E-state index in [-0.39, 0.29) is 34.6 Å². The van der Waals surface area contributed by atoms with Gasteiger partial charge in [0.2, 0.25) is 11.2 Å². The van der Waals surface area contributed by atoms with Gasteiger partial charge in [-0.2, -0.15) is 0 Å². The topological polar surface area (TPSA) is 159 Å². The van der Waals surface area contributed by atoms with Gasteiger partial charge in [0.25, 0.3) is 0 Å². The van der Waals surface area contributed by atoms with Crippen LogP contribution in [-0.2, 0) is 32.6 Å². The van der Waals surface area contributed by atoms with Crippen molar-refractivity contribution in [1.29, 1.82) is 0 Å². The van der Waals surface area contributed by atoms with Gasteiger partial charge >= 0.3 is 11.7 Å². The molecular weight excluding hydrogens is 805 g/mol. The molecule has 6 aromatic rings. The number of hydrogen-bond acceptors (Lipinski definition) is 12. The van der Waals surface area contributed by atoms with E-state index < -0.39 is 25.6 Å². The highest BCUT2D eigenvalue weighted by Gasteiger charge is 2.45. The molecule has 4 heterocycles. The number of aromatic amines is 1. The molecule has 59 heavy (non-hydrogen) atoms. The molecule has 1 atom stereocenters. The Kier molecular flexibility index (Phi) is 12.6. The van der Waals surface area contributed by atoms with E-state index in [0.717, 1.165) is 34.9 Å². The fourth-order valence-electron chi connectivity index (χ4n) is 7.64. The number of carbonyl (C=O) groups excluding carboxylic acids is 1. The number of carbonyl (C=O) groups is 1. The largest absolute Gasteiger partial charge is 0.506 e. The molecule has 0 saturated heterocycles. The molecule has 1 fully saturated rings. The molecule has 4 N–H and O–H groups in total. The number of likely N-dealkylation sites (N-methyl/N-ethyl adjacent to an activating group) is 1. The number of fused-ring (bicyclic) bond motifs is 2. The van der Waals surface area contributed by atoms with Gasteiger partial charge in [0, 0.05) is 43.7 Å². The van der Waals surface area contributed by atoms with Crippen molar-refractivity contribution in [2.45, 2.75) is 102 Å². The summed E-state index contributed by atoms with van der Waals surface area (Å²) >= 11 is 2.67. The first-order chi connectivity index (χ1) is 28.0. The minimum Gasteiger partial charge on any atom is -0.506 e. The maximum Gasteiger partial charge on any atom is 0.419 e. The average molecular weight is 859 g/mol. The Labute approximate surface area is 352 Å². The maximum atomic E-state index is 13.5. The molecule has 1 aliphatic carbocycles. The van der Waals surface area contributed by atoms with Crippen molar-refractivity contribution in [2.24, 2.45) is 0 Å². The highest BCUT2D eigenvalue weighted by atomic mass is 32.1. The molecule has 0 unspecified atom stereocenters. The van der Waals surface area contributed by atoms with Crippen LogP contribution in [0.4, 0.5) is 0 Å². The summed E-state index contributed by atoms with van der Waals surface area (Å²) in [5, 5.41) is 30.1. The Balaban J connectivity index is 0.957. The van der Waals surface area contributed by atoms with E-state index in [4.69, 9.17) is 13.6 Å². The minimum absolute atomic E-state index is 0.00629. The van der Waals surface area contributed by atoms with Gasteiger partial charge in [-0.25, -0.2) is 9.59 Å². The number of oxazole rings is 1. The summed E-state index contributed by atoms with van der Waals surface area (Å²) < 4.78 is 20.3. The van der Waals surface area contributed by atoms with Gasteiger partial charge in [-0.1, -0.05) is 45.0 Å². The van der Waals surface area contributed by atoms with Crippen molar-refractivity contribution in [1.82, 2.24) is 19.8 Å². The Morgan fingerprint density at radius 3 is 2.36 bits per heavy atom. The van der Waals surface area contributed by atoms with E-state index in [1.165, 1.54) is 28.7 Å². The zero-order chi connectivity index (χ0) is 42.1. The summed E-state index contributed by atoms with van der Waals surface area (Å²) in [5.74, 6) is -1.03. The lowest BCUT2D eigenvalue weighted by atomic mass is 9.91. The third kappa shape index (κ3) is 9.06. The third-order valence-corrected chi connectivity index (χ3v) is 18.6. The Morgan fingerprint density at radius 2 is 1.71 bits per heavy atom. The number of nitrogens with one attached hydrogen (secondary N) is 2. The number of H-pyrrole nitrogens is 1.